The SMILES string of the molecule is CCCC1=[C-]CC=C1.[I-].[I-].[Ti+3]. The van der Waals surface area contributed by atoms with Crippen LogP contribution >= 0.6 is 0 Å². The largest absolute Gasteiger partial charge is 3.00 e. The van der Waals surface area contributed by atoms with Gasteiger partial charge in [-0.1, -0.05) is 19.8 Å². The molecule has 0 atom stereocenters. The molecule has 61 valence electrons. The summed E-state index contributed by atoms with van der Waals surface area (Å²) in [5, 5.41) is 0. The molecule has 1 rings (SSSR count). The van der Waals surface area contributed by atoms with Gasteiger partial charge in [-0.25, -0.2) is 11.6 Å². The van der Waals surface area contributed by atoms with Gasteiger partial charge in [-0.15, -0.1) is 6.42 Å². The van der Waals surface area contributed by atoms with E-state index >= 15 is 0 Å². The van der Waals surface area contributed by atoms with Crippen LogP contribution in [0.2, 0.25) is 0 Å². The van der Waals surface area contributed by atoms with Crippen LogP contribution in [0.4, 0.5) is 0 Å². The second-order valence-electron chi connectivity index (χ2n) is 2.06. The first-order valence-corrected chi connectivity index (χ1v) is 3.19. The fourth-order valence-corrected chi connectivity index (χ4v) is 0.891. The first-order chi connectivity index (χ1) is 3.93. The van der Waals surface area contributed by atoms with Crippen LogP contribution in [0.1, 0.15) is 26.2 Å². The maximum absolute atomic E-state index is 3.26. The molecule has 1 radical (unpaired) electrons. The second kappa shape index (κ2) is 11.7. The third-order valence-electron chi connectivity index (χ3n) is 1.29. The van der Waals surface area contributed by atoms with Crippen molar-refractivity contribution in [2.24, 2.45) is 0 Å². The predicted molar refractivity (Wildman–Crippen MR) is 35.4 cm³/mol. The maximum Gasteiger partial charge on any atom is 3.00 e. The van der Waals surface area contributed by atoms with Crippen molar-refractivity contribution in [1.82, 2.24) is 0 Å². The third-order valence-corrected chi connectivity index (χ3v) is 1.29. The van der Waals surface area contributed by atoms with E-state index in [1.807, 2.05) is 0 Å². The van der Waals surface area contributed by atoms with Crippen molar-refractivity contribution < 1.29 is 69.7 Å². The number of hydrogen-bond acceptors (Lipinski definition) is 0. The molecular weight excluding hydrogens is 398 g/mol. The summed E-state index contributed by atoms with van der Waals surface area (Å²) in [4.78, 5) is 0. The molecule has 0 aromatic heterocycles. The van der Waals surface area contributed by atoms with Gasteiger partial charge in [0, 0.05) is 0 Å². The Hall–Kier alpha value is 1.65. The van der Waals surface area contributed by atoms with Crippen molar-refractivity contribution in [1.29, 1.82) is 0 Å². The Bertz CT molecular complexity index is 130. The minimum absolute atomic E-state index is 0. The zero-order valence-electron chi connectivity index (χ0n) is 6.53. The number of hydrogen-bond donors (Lipinski definition) is 0. The molecule has 3 heteroatoms. The average molecular weight is 409 g/mol. The monoisotopic (exact) mass is 409 g/mol. The van der Waals surface area contributed by atoms with Crippen molar-refractivity contribution in [2.75, 3.05) is 0 Å². The molecule has 11 heavy (non-hydrogen) atoms. The van der Waals surface area contributed by atoms with E-state index < -0.39 is 0 Å². The predicted octanol–water partition coefficient (Wildman–Crippen LogP) is -3.52. The Balaban J connectivity index is -0.000000213. The van der Waals surface area contributed by atoms with Gasteiger partial charge in [-0.2, -0.15) is 6.08 Å². The Kier molecular flexibility index (Phi) is 19.5. The molecule has 0 spiro atoms. The summed E-state index contributed by atoms with van der Waals surface area (Å²) < 4.78 is 0. The minimum Gasteiger partial charge on any atom is -1.00 e. The van der Waals surface area contributed by atoms with Gasteiger partial charge in [0.25, 0.3) is 0 Å². The van der Waals surface area contributed by atoms with E-state index in [0.29, 0.717) is 0 Å². The zero-order valence-corrected chi connectivity index (χ0v) is 12.4. The summed E-state index contributed by atoms with van der Waals surface area (Å²) in [7, 11) is 0. The average Bonchev–Trinajstić information content (AvgIpc) is 2.19. The van der Waals surface area contributed by atoms with Crippen LogP contribution in [0.3, 0.4) is 0 Å². The zero-order chi connectivity index (χ0) is 5.82. The van der Waals surface area contributed by atoms with Gasteiger partial charge in [0.15, 0.2) is 0 Å². The van der Waals surface area contributed by atoms with Gasteiger partial charge in [0.2, 0.25) is 0 Å². The van der Waals surface area contributed by atoms with Crippen LogP contribution in [-0.4, -0.2) is 0 Å². The van der Waals surface area contributed by atoms with Gasteiger partial charge in [-0.05, 0) is 0 Å². The smallest absolute Gasteiger partial charge is 1.00 e. The molecule has 0 saturated heterocycles. The van der Waals surface area contributed by atoms with E-state index in [9.17, 15) is 0 Å². The van der Waals surface area contributed by atoms with Gasteiger partial charge in [-0.3, -0.25) is 6.08 Å². The summed E-state index contributed by atoms with van der Waals surface area (Å²) in [5.74, 6) is 0. The summed E-state index contributed by atoms with van der Waals surface area (Å²) in [6.07, 6.45) is 11.1. The molecule has 0 N–H and O–H groups in total. The molecule has 0 amide bonds. The van der Waals surface area contributed by atoms with Crippen molar-refractivity contribution in [3.63, 3.8) is 0 Å². The van der Waals surface area contributed by atoms with Crippen LogP contribution in [-0.2, 0) is 21.7 Å². The molecule has 1 aliphatic carbocycles. The Morgan fingerprint density at radius 2 is 2.09 bits per heavy atom. The molecule has 0 aromatic carbocycles. The molecule has 0 saturated carbocycles. The van der Waals surface area contributed by atoms with Gasteiger partial charge in [0.05, 0.1) is 0 Å². The third kappa shape index (κ3) is 8.00. The molecular formula is C8H11I2Ti. The maximum atomic E-state index is 3.26. The minimum atomic E-state index is 0. The Labute approximate surface area is 118 Å². The van der Waals surface area contributed by atoms with Crippen LogP contribution in [0.15, 0.2) is 17.7 Å². The number of rotatable bonds is 2. The van der Waals surface area contributed by atoms with Crippen molar-refractivity contribution in [3.05, 3.63) is 23.8 Å². The number of allylic oxidation sites excluding steroid dienone is 4. The first-order valence-electron chi connectivity index (χ1n) is 3.19. The van der Waals surface area contributed by atoms with Crippen molar-refractivity contribution >= 4 is 0 Å². The normalized spacial score (nSPS) is 12.3. The molecule has 0 unspecified atom stereocenters. The van der Waals surface area contributed by atoms with E-state index in [0.717, 1.165) is 6.42 Å². The van der Waals surface area contributed by atoms with Crippen molar-refractivity contribution in [3.8, 4) is 0 Å². The Morgan fingerprint density at radius 1 is 1.45 bits per heavy atom. The van der Waals surface area contributed by atoms with Gasteiger partial charge < -0.3 is 48.0 Å². The summed E-state index contributed by atoms with van der Waals surface area (Å²) in [5.41, 5.74) is 1.40. The van der Waals surface area contributed by atoms with E-state index in [-0.39, 0.29) is 69.7 Å². The molecule has 0 bridgehead atoms. The van der Waals surface area contributed by atoms with Crippen LogP contribution in [0.25, 0.3) is 0 Å². The molecule has 0 aliphatic heterocycles. The molecule has 1 aliphatic rings. The molecule has 0 aromatic rings. The number of halogens is 2. The quantitative estimate of drug-likeness (QED) is 0.252. The van der Waals surface area contributed by atoms with Gasteiger partial charge >= 0.3 is 21.7 Å². The van der Waals surface area contributed by atoms with E-state index in [2.05, 4.69) is 25.2 Å². The van der Waals surface area contributed by atoms with Crippen molar-refractivity contribution in [2.45, 2.75) is 26.2 Å². The van der Waals surface area contributed by atoms with Crippen LogP contribution < -0.4 is 48.0 Å². The van der Waals surface area contributed by atoms with Crippen LogP contribution in [0, 0.1) is 6.08 Å². The summed E-state index contributed by atoms with van der Waals surface area (Å²) in [6.45, 7) is 2.20. The molecule has 0 nitrogen and oxygen atoms in total. The van der Waals surface area contributed by atoms with E-state index in [1.54, 1.807) is 0 Å². The standard InChI is InChI=1S/C8H11.2HI.Ti/c1-2-5-8-6-3-4-7-8;;;/h3,6H,2,4-5H2,1H3;2*1H;/q-1;;;+3/p-2. The topological polar surface area (TPSA) is 0 Å². The molecule has 0 fully saturated rings. The fraction of sp³-hybridized carbons (Fsp3) is 0.500. The van der Waals surface area contributed by atoms with E-state index in [1.165, 1.54) is 18.4 Å². The Morgan fingerprint density at radius 3 is 2.45 bits per heavy atom. The van der Waals surface area contributed by atoms with Gasteiger partial charge in [0.1, 0.15) is 0 Å². The summed E-state index contributed by atoms with van der Waals surface area (Å²) >= 11 is 0. The first kappa shape index (κ1) is 18.4. The fourth-order valence-electron chi connectivity index (χ4n) is 0.891. The molecule has 0 heterocycles. The van der Waals surface area contributed by atoms with E-state index in [4.69, 9.17) is 0 Å². The van der Waals surface area contributed by atoms with Crippen LogP contribution in [0.5, 0.6) is 0 Å². The second-order valence-corrected chi connectivity index (χ2v) is 2.06. The summed E-state index contributed by atoms with van der Waals surface area (Å²) in [6, 6.07) is 0.